The summed E-state index contributed by atoms with van der Waals surface area (Å²) >= 11 is 0. The van der Waals surface area contributed by atoms with Gasteiger partial charge in [-0.3, -0.25) is 0 Å². The van der Waals surface area contributed by atoms with Gasteiger partial charge in [-0.05, 0) is 24.2 Å². The standard InChI is InChI=1S/C11H20O2/c1-11(2,3)10-7-12-6-9(13-10)8-4-5-8/h8-10H,4-7H2,1-3H3. The van der Waals surface area contributed by atoms with Crippen LogP contribution in [0.4, 0.5) is 0 Å². The predicted molar refractivity (Wildman–Crippen MR) is 51.7 cm³/mol. The van der Waals surface area contributed by atoms with E-state index in [1.165, 1.54) is 12.8 Å². The highest BCUT2D eigenvalue weighted by Gasteiger charge is 2.39. The molecule has 0 N–H and O–H groups in total. The lowest BCUT2D eigenvalue weighted by molar-refractivity contribution is -0.176. The van der Waals surface area contributed by atoms with Gasteiger partial charge in [-0.25, -0.2) is 0 Å². The highest BCUT2D eigenvalue weighted by Crippen LogP contribution is 2.38. The van der Waals surface area contributed by atoms with Gasteiger partial charge in [0.1, 0.15) is 0 Å². The molecule has 76 valence electrons. The van der Waals surface area contributed by atoms with Gasteiger partial charge in [-0.15, -0.1) is 0 Å². The summed E-state index contributed by atoms with van der Waals surface area (Å²) in [5.74, 6) is 0.796. The highest BCUT2D eigenvalue weighted by atomic mass is 16.6. The Balaban J connectivity index is 1.91. The fourth-order valence-electron chi connectivity index (χ4n) is 1.75. The second kappa shape index (κ2) is 3.25. The van der Waals surface area contributed by atoms with Gasteiger partial charge in [-0.2, -0.15) is 0 Å². The Morgan fingerprint density at radius 1 is 1.08 bits per heavy atom. The molecule has 0 radical (unpaired) electrons. The molecule has 2 unspecified atom stereocenters. The first-order valence-corrected chi connectivity index (χ1v) is 5.30. The van der Waals surface area contributed by atoms with Gasteiger partial charge in [0.25, 0.3) is 0 Å². The molecule has 1 saturated heterocycles. The summed E-state index contributed by atoms with van der Waals surface area (Å²) < 4.78 is 11.6. The van der Waals surface area contributed by atoms with E-state index < -0.39 is 0 Å². The van der Waals surface area contributed by atoms with Crippen LogP contribution >= 0.6 is 0 Å². The summed E-state index contributed by atoms with van der Waals surface area (Å²) in [6.07, 6.45) is 3.35. The van der Waals surface area contributed by atoms with E-state index in [2.05, 4.69) is 20.8 Å². The molecule has 0 aromatic rings. The largest absolute Gasteiger partial charge is 0.376 e. The topological polar surface area (TPSA) is 18.5 Å². The maximum absolute atomic E-state index is 6.05. The summed E-state index contributed by atoms with van der Waals surface area (Å²) in [5.41, 5.74) is 0.216. The smallest absolute Gasteiger partial charge is 0.0861 e. The van der Waals surface area contributed by atoms with Crippen LogP contribution in [0.5, 0.6) is 0 Å². The van der Waals surface area contributed by atoms with Crippen LogP contribution in [-0.2, 0) is 9.47 Å². The molecule has 1 aliphatic heterocycles. The van der Waals surface area contributed by atoms with Gasteiger partial charge in [0.05, 0.1) is 25.4 Å². The molecule has 13 heavy (non-hydrogen) atoms. The molecule has 2 nitrogen and oxygen atoms in total. The lowest BCUT2D eigenvalue weighted by atomic mass is 9.89. The number of hydrogen-bond donors (Lipinski definition) is 0. The van der Waals surface area contributed by atoms with Crippen molar-refractivity contribution in [2.45, 2.75) is 45.8 Å². The van der Waals surface area contributed by atoms with E-state index in [4.69, 9.17) is 9.47 Å². The summed E-state index contributed by atoms with van der Waals surface area (Å²) in [5, 5.41) is 0. The Kier molecular flexibility index (Phi) is 2.37. The molecule has 0 aromatic heterocycles. The molecule has 0 aromatic carbocycles. The SMILES string of the molecule is CC(C)(C)C1COCC(C2CC2)O1. The van der Waals surface area contributed by atoms with Gasteiger partial charge < -0.3 is 9.47 Å². The van der Waals surface area contributed by atoms with Gasteiger partial charge in [0.2, 0.25) is 0 Å². The van der Waals surface area contributed by atoms with Crippen LogP contribution in [0.3, 0.4) is 0 Å². The molecule has 2 atom stereocenters. The predicted octanol–water partition coefficient (Wildman–Crippen LogP) is 2.23. The van der Waals surface area contributed by atoms with E-state index in [1.807, 2.05) is 0 Å². The third kappa shape index (κ3) is 2.23. The Morgan fingerprint density at radius 2 is 1.77 bits per heavy atom. The minimum atomic E-state index is 0.216. The first-order valence-electron chi connectivity index (χ1n) is 5.30. The lowest BCUT2D eigenvalue weighted by Crippen LogP contribution is -2.44. The third-order valence-electron chi connectivity index (χ3n) is 3.00. The van der Waals surface area contributed by atoms with Gasteiger partial charge in [0.15, 0.2) is 0 Å². The average molecular weight is 184 g/mol. The Labute approximate surface area is 80.6 Å². The third-order valence-corrected chi connectivity index (χ3v) is 3.00. The summed E-state index contributed by atoms with van der Waals surface area (Å²) in [6.45, 7) is 8.24. The van der Waals surface area contributed by atoms with Crippen molar-refractivity contribution in [2.24, 2.45) is 11.3 Å². The molecule has 2 rings (SSSR count). The molecule has 1 saturated carbocycles. The molecular weight excluding hydrogens is 164 g/mol. The number of rotatable bonds is 1. The van der Waals surface area contributed by atoms with E-state index in [0.717, 1.165) is 19.1 Å². The van der Waals surface area contributed by atoms with E-state index in [9.17, 15) is 0 Å². The molecule has 2 aliphatic rings. The van der Waals surface area contributed by atoms with E-state index in [0.29, 0.717) is 6.10 Å². The van der Waals surface area contributed by atoms with Crippen LogP contribution in [0, 0.1) is 11.3 Å². The molecule has 1 heterocycles. The quantitative estimate of drug-likeness (QED) is 0.622. The zero-order chi connectivity index (χ0) is 9.47. The van der Waals surface area contributed by atoms with Crippen molar-refractivity contribution >= 4 is 0 Å². The Hall–Kier alpha value is -0.0800. The zero-order valence-electron chi connectivity index (χ0n) is 8.88. The normalized spacial score (nSPS) is 36.2. The van der Waals surface area contributed by atoms with Crippen molar-refractivity contribution < 1.29 is 9.47 Å². The summed E-state index contributed by atoms with van der Waals surface area (Å²) in [6, 6.07) is 0. The van der Waals surface area contributed by atoms with Crippen molar-refractivity contribution in [1.82, 2.24) is 0 Å². The van der Waals surface area contributed by atoms with Crippen molar-refractivity contribution in [1.29, 1.82) is 0 Å². The van der Waals surface area contributed by atoms with Crippen LogP contribution in [0.2, 0.25) is 0 Å². The van der Waals surface area contributed by atoms with Crippen molar-refractivity contribution in [3.8, 4) is 0 Å². The molecule has 1 aliphatic carbocycles. The molecule has 0 spiro atoms. The zero-order valence-corrected chi connectivity index (χ0v) is 8.88. The maximum Gasteiger partial charge on any atom is 0.0861 e. The number of ether oxygens (including phenoxy) is 2. The monoisotopic (exact) mass is 184 g/mol. The minimum Gasteiger partial charge on any atom is -0.376 e. The van der Waals surface area contributed by atoms with Crippen LogP contribution in [0.1, 0.15) is 33.6 Å². The lowest BCUT2D eigenvalue weighted by Gasteiger charge is -2.37. The Morgan fingerprint density at radius 3 is 2.31 bits per heavy atom. The summed E-state index contributed by atoms with van der Waals surface area (Å²) in [7, 11) is 0. The van der Waals surface area contributed by atoms with E-state index >= 15 is 0 Å². The molecule has 0 bridgehead atoms. The van der Waals surface area contributed by atoms with Crippen molar-refractivity contribution in [3.63, 3.8) is 0 Å². The van der Waals surface area contributed by atoms with Crippen LogP contribution < -0.4 is 0 Å². The molecule has 0 amide bonds. The van der Waals surface area contributed by atoms with Crippen LogP contribution in [-0.4, -0.2) is 25.4 Å². The maximum atomic E-state index is 6.05. The highest BCUT2D eigenvalue weighted by molar-refractivity contribution is 4.87. The molecule has 2 fully saturated rings. The average Bonchev–Trinajstić information content (AvgIpc) is 2.85. The minimum absolute atomic E-state index is 0.216. The fraction of sp³-hybridized carbons (Fsp3) is 1.00. The van der Waals surface area contributed by atoms with Crippen LogP contribution in [0.15, 0.2) is 0 Å². The Bertz CT molecular complexity index is 179. The van der Waals surface area contributed by atoms with Crippen molar-refractivity contribution in [3.05, 3.63) is 0 Å². The van der Waals surface area contributed by atoms with Gasteiger partial charge in [-0.1, -0.05) is 20.8 Å². The van der Waals surface area contributed by atoms with Gasteiger partial charge in [0, 0.05) is 0 Å². The van der Waals surface area contributed by atoms with Crippen LogP contribution in [0.25, 0.3) is 0 Å². The first kappa shape index (κ1) is 9.47. The first-order chi connectivity index (χ1) is 6.07. The second-order valence-corrected chi connectivity index (χ2v) is 5.40. The molecule has 2 heteroatoms. The van der Waals surface area contributed by atoms with E-state index in [1.54, 1.807) is 0 Å². The molecular formula is C11H20O2. The number of hydrogen-bond acceptors (Lipinski definition) is 2. The summed E-state index contributed by atoms with van der Waals surface area (Å²) in [4.78, 5) is 0. The fourth-order valence-corrected chi connectivity index (χ4v) is 1.75. The van der Waals surface area contributed by atoms with E-state index in [-0.39, 0.29) is 11.5 Å². The van der Waals surface area contributed by atoms with Gasteiger partial charge >= 0.3 is 0 Å². The van der Waals surface area contributed by atoms with Crippen molar-refractivity contribution in [2.75, 3.05) is 13.2 Å². The second-order valence-electron chi connectivity index (χ2n) is 5.40.